The highest BCUT2D eigenvalue weighted by Crippen LogP contribution is 2.35. The molecular weight excluding hydrogens is 230 g/mol. The number of rotatable bonds is 1. The number of halogens is 1. The average molecular weight is 236 g/mol. The zero-order valence-corrected chi connectivity index (χ0v) is 9.14. The lowest BCUT2D eigenvalue weighted by atomic mass is 10.1. The minimum Gasteiger partial charge on any atom is -0.508 e. The highest BCUT2D eigenvalue weighted by atomic mass is 35.5. The van der Waals surface area contributed by atoms with E-state index >= 15 is 0 Å². The first-order chi connectivity index (χ1) is 7.22. The molecule has 2 rings (SSSR count). The van der Waals surface area contributed by atoms with Gasteiger partial charge in [-0.3, -0.25) is 0 Å². The second-order valence-electron chi connectivity index (χ2n) is 2.94. The van der Waals surface area contributed by atoms with E-state index in [1.54, 1.807) is 18.2 Å². The monoisotopic (exact) mass is 235 g/mol. The molecule has 1 aromatic heterocycles. The topological polar surface area (TPSA) is 44.0 Å². The smallest absolute Gasteiger partial charge is 0.117 e. The highest BCUT2D eigenvalue weighted by Gasteiger charge is 2.10. The number of nitrogens with zero attached hydrogens (tertiary/aromatic N) is 1. The fraction of sp³-hybridized carbons (Fsp3) is 0. The van der Waals surface area contributed by atoms with Crippen LogP contribution in [0, 0.1) is 11.3 Å². The number of aromatic hydroxyl groups is 1. The molecule has 74 valence electrons. The Hall–Kier alpha value is -1.50. The number of benzene rings is 1. The van der Waals surface area contributed by atoms with Gasteiger partial charge >= 0.3 is 0 Å². The van der Waals surface area contributed by atoms with Crippen molar-refractivity contribution in [3.63, 3.8) is 0 Å². The molecule has 0 aliphatic carbocycles. The minimum absolute atomic E-state index is 0.124. The van der Waals surface area contributed by atoms with Crippen LogP contribution in [0.15, 0.2) is 29.6 Å². The molecule has 1 heterocycles. The van der Waals surface area contributed by atoms with Crippen LogP contribution in [0.3, 0.4) is 0 Å². The van der Waals surface area contributed by atoms with E-state index in [4.69, 9.17) is 16.9 Å². The fourth-order valence-electron chi connectivity index (χ4n) is 1.29. The number of phenols is 1. The van der Waals surface area contributed by atoms with Gasteiger partial charge in [0.05, 0.1) is 15.5 Å². The number of hydrogen-bond acceptors (Lipinski definition) is 3. The van der Waals surface area contributed by atoms with Gasteiger partial charge in [-0.2, -0.15) is 5.26 Å². The summed E-state index contributed by atoms with van der Waals surface area (Å²) in [7, 11) is 0. The van der Waals surface area contributed by atoms with Crippen LogP contribution < -0.4 is 0 Å². The third-order valence-corrected chi connectivity index (χ3v) is 3.24. The van der Waals surface area contributed by atoms with Crippen molar-refractivity contribution in [2.45, 2.75) is 0 Å². The SMILES string of the molecule is N#Cc1ccsc1-c1ccc(O)cc1Cl. The maximum atomic E-state index is 9.22. The second-order valence-corrected chi connectivity index (χ2v) is 4.26. The fourth-order valence-corrected chi connectivity index (χ4v) is 2.51. The zero-order valence-electron chi connectivity index (χ0n) is 7.57. The minimum atomic E-state index is 0.124. The lowest BCUT2D eigenvalue weighted by molar-refractivity contribution is 0.475. The van der Waals surface area contributed by atoms with Crippen LogP contribution in [-0.2, 0) is 0 Å². The predicted molar refractivity (Wildman–Crippen MR) is 61.1 cm³/mol. The van der Waals surface area contributed by atoms with Crippen LogP contribution in [0.5, 0.6) is 5.75 Å². The molecule has 0 aliphatic heterocycles. The second kappa shape index (κ2) is 3.93. The lowest BCUT2D eigenvalue weighted by Crippen LogP contribution is -1.78. The normalized spacial score (nSPS) is 9.87. The third kappa shape index (κ3) is 1.82. The van der Waals surface area contributed by atoms with Gasteiger partial charge < -0.3 is 5.11 Å². The summed E-state index contributed by atoms with van der Waals surface area (Å²) >= 11 is 7.45. The van der Waals surface area contributed by atoms with Gasteiger partial charge in [0, 0.05) is 5.56 Å². The van der Waals surface area contributed by atoms with Gasteiger partial charge in [-0.25, -0.2) is 0 Å². The van der Waals surface area contributed by atoms with Crippen LogP contribution in [0.2, 0.25) is 5.02 Å². The molecule has 1 N–H and O–H groups in total. The van der Waals surface area contributed by atoms with Crippen LogP contribution in [0.25, 0.3) is 10.4 Å². The van der Waals surface area contributed by atoms with Crippen LogP contribution in [0.4, 0.5) is 0 Å². The molecular formula is C11H6ClNOS. The first-order valence-electron chi connectivity index (χ1n) is 4.19. The van der Waals surface area contributed by atoms with E-state index in [1.165, 1.54) is 17.4 Å². The van der Waals surface area contributed by atoms with Crippen molar-refractivity contribution < 1.29 is 5.11 Å². The summed E-state index contributed by atoms with van der Waals surface area (Å²) in [5.41, 5.74) is 1.38. The molecule has 2 aromatic rings. The number of thiophene rings is 1. The van der Waals surface area contributed by atoms with Crippen LogP contribution >= 0.6 is 22.9 Å². The largest absolute Gasteiger partial charge is 0.508 e. The molecule has 0 atom stereocenters. The van der Waals surface area contributed by atoms with Crippen LogP contribution in [0.1, 0.15) is 5.56 Å². The Morgan fingerprint density at radius 3 is 2.80 bits per heavy atom. The molecule has 0 fully saturated rings. The zero-order chi connectivity index (χ0) is 10.8. The molecule has 0 aliphatic rings. The Balaban J connectivity index is 2.60. The summed E-state index contributed by atoms with van der Waals surface area (Å²) < 4.78 is 0. The first kappa shape index (κ1) is 10.0. The molecule has 0 saturated heterocycles. The maximum Gasteiger partial charge on any atom is 0.117 e. The van der Waals surface area contributed by atoms with Gasteiger partial charge in [0.1, 0.15) is 11.8 Å². The maximum absolute atomic E-state index is 9.22. The Morgan fingerprint density at radius 1 is 1.33 bits per heavy atom. The number of phenolic OH excluding ortho intramolecular Hbond substituents is 1. The molecule has 0 saturated carbocycles. The van der Waals surface area contributed by atoms with Crippen molar-refractivity contribution in [3.05, 3.63) is 40.2 Å². The molecule has 2 nitrogen and oxygen atoms in total. The Bertz CT molecular complexity index is 542. The summed E-state index contributed by atoms with van der Waals surface area (Å²) in [4.78, 5) is 0.836. The molecule has 0 amide bonds. The van der Waals surface area contributed by atoms with Crippen molar-refractivity contribution in [2.75, 3.05) is 0 Å². The van der Waals surface area contributed by atoms with Gasteiger partial charge in [0.25, 0.3) is 0 Å². The van der Waals surface area contributed by atoms with Crippen molar-refractivity contribution in [2.24, 2.45) is 0 Å². The summed E-state index contributed by atoms with van der Waals surface area (Å²) in [6.45, 7) is 0. The Morgan fingerprint density at radius 2 is 2.13 bits per heavy atom. The van der Waals surface area contributed by atoms with Crippen LogP contribution in [-0.4, -0.2) is 5.11 Å². The molecule has 0 bridgehead atoms. The van der Waals surface area contributed by atoms with E-state index in [0.29, 0.717) is 10.6 Å². The summed E-state index contributed by atoms with van der Waals surface area (Å²) in [6.07, 6.45) is 0. The van der Waals surface area contributed by atoms with Gasteiger partial charge in [-0.15, -0.1) is 11.3 Å². The van der Waals surface area contributed by atoms with E-state index in [2.05, 4.69) is 6.07 Å². The van der Waals surface area contributed by atoms with E-state index < -0.39 is 0 Å². The molecule has 1 aromatic carbocycles. The average Bonchev–Trinajstić information content (AvgIpc) is 2.65. The van der Waals surface area contributed by atoms with E-state index in [9.17, 15) is 5.11 Å². The molecule has 0 radical (unpaired) electrons. The van der Waals surface area contributed by atoms with Crippen molar-refractivity contribution in [1.82, 2.24) is 0 Å². The summed E-state index contributed by atoms with van der Waals surface area (Å²) in [5, 5.41) is 20.4. The highest BCUT2D eigenvalue weighted by molar-refractivity contribution is 7.13. The predicted octanol–water partition coefficient (Wildman–Crippen LogP) is 3.65. The Labute approximate surface area is 96.0 Å². The van der Waals surface area contributed by atoms with E-state index in [1.807, 2.05) is 5.38 Å². The quantitative estimate of drug-likeness (QED) is 0.820. The summed E-state index contributed by atoms with van der Waals surface area (Å²) in [5.74, 6) is 0.124. The number of hydrogen-bond donors (Lipinski definition) is 1. The third-order valence-electron chi connectivity index (χ3n) is 1.98. The van der Waals surface area contributed by atoms with Gasteiger partial charge in [0.15, 0.2) is 0 Å². The standard InChI is InChI=1S/C11H6ClNOS/c12-10-5-8(14)1-2-9(10)11-7(6-13)3-4-15-11/h1-5,14H. The van der Waals surface area contributed by atoms with Crippen molar-refractivity contribution in [3.8, 4) is 22.3 Å². The van der Waals surface area contributed by atoms with Crippen molar-refractivity contribution >= 4 is 22.9 Å². The van der Waals surface area contributed by atoms with Gasteiger partial charge in [-0.05, 0) is 29.6 Å². The number of nitriles is 1. The molecule has 4 heteroatoms. The Kier molecular flexibility index (Phi) is 2.63. The van der Waals surface area contributed by atoms with Gasteiger partial charge in [0.2, 0.25) is 0 Å². The molecule has 15 heavy (non-hydrogen) atoms. The molecule has 0 unspecified atom stereocenters. The molecule has 0 spiro atoms. The van der Waals surface area contributed by atoms with Crippen molar-refractivity contribution in [1.29, 1.82) is 5.26 Å². The lowest BCUT2D eigenvalue weighted by Gasteiger charge is -2.02. The van der Waals surface area contributed by atoms with Gasteiger partial charge in [-0.1, -0.05) is 11.6 Å². The first-order valence-corrected chi connectivity index (χ1v) is 5.44. The van der Waals surface area contributed by atoms with E-state index in [0.717, 1.165) is 10.4 Å². The summed E-state index contributed by atoms with van der Waals surface area (Å²) in [6, 6.07) is 8.60. The van der Waals surface area contributed by atoms with E-state index in [-0.39, 0.29) is 5.75 Å².